The highest BCUT2D eigenvalue weighted by atomic mass is 16.5. The number of amides is 1. The summed E-state index contributed by atoms with van der Waals surface area (Å²) in [5.41, 5.74) is 6.17. The van der Waals surface area contributed by atoms with Gasteiger partial charge in [0.1, 0.15) is 0 Å². The molecule has 1 saturated heterocycles. The van der Waals surface area contributed by atoms with Crippen molar-refractivity contribution in [2.45, 2.75) is 18.4 Å². The molecule has 3 N–H and O–H groups in total. The van der Waals surface area contributed by atoms with Gasteiger partial charge in [-0.3, -0.25) is 4.79 Å². The van der Waals surface area contributed by atoms with E-state index in [1.807, 2.05) is 18.2 Å². The predicted molar refractivity (Wildman–Crippen MR) is 65.7 cm³/mol. The van der Waals surface area contributed by atoms with Gasteiger partial charge in [0, 0.05) is 25.3 Å². The number of carbonyl (C=O) groups is 1. The number of nitrogens with one attached hydrogen (secondary N) is 1. The molecule has 0 aliphatic carbocycles. The van der Waals surface area contributed by atoms with Crippen LogP contribution in [0.3, 0.4) is 0 Å². The van der Waals surface area contributed by atoms with Crippen LogP contribution < -0.4 is 11.1 Å². The fourth-order valence-electron chi connectivity index (χ4n) is 2.04. The first-order chi connectivity index (χ1) is 8.26. The first-order valence-corrected chi connectivity index (χ1v) is 5.91. The van der Waals surface area contributed by atoms with Crippen molar-refractivity contribution < 1.29 is 9.53 Å². The van der Waals surface area contributed by atoms with Crippen LogP contribution in [0.4, 0.5) is 0 Å². The molecule has 0 bridgehead atoms. The van der Waals surface area contributed by atoms with Gasteiger partial charge in [0.2, 0.25) is 0 Å². The number of carbonyl (C=O) groups excluding carboxylic acids is 1. The molecule has 0 aromatic heterocycles. The summed E-state index contributed by atoms with van der Waals surface area (Å²) in [4.78, 5) is 12.1. The molecule has 0 unspecified atom stereocenters. The fourth-order valence-corrected chi connectivity index (χ4v) is 2.04. The Kier molecular flexibility index (Phi) is 3.76. The van der Waals surface area contributed by atoms with Gasteiger partial charge in [0.15, 0.2) is 0 Å². The summed E-state index contributed by atoms with van der Waals surface area (Å²) in [6.45, 7) is 1.77. The largest absolute Gasteiger partial charge is 0.381 e. The summed E-state index contributed by atoms with van der Waals surface area (Å²) in [5.74, 6) is -0.0575. The number of benzene rings is 1. The molecule has 1 aromatic rings. The molecule has 17 heavy (non-hydrogen) atoms. The van der Waals surface area contributed by atoms with Gasteiger partial charge in [-0.2, -0.15) is 0 Å². The average molecular weight is 234 g/mol. The van der Waals surface area contributed by atoms with Gasteiger partial charge in [-0.1, -0.05) is 18.2 Å². The smallest absolute Gasteiger partial charge is 0.251 e. The maximum absolute atomic E-state index is 12.1. The number of rotatable bonds is 3. The summed E-state index contributed by atoms with van der Waals surface area (Å²) in [6, 6.07) is 9.21. The molecule has 1 aromatic carbocycles. The van der Waals surface area contributed by atoms with E-state index < -0.39 is 0 Å². The predicted octanol–water partition coefficient (Wildman–Crippen LogP) is 0.924. The van der Waals surface area contributed by atoms with Crippen molar-refractivity contribution in [2.24, 2.45) is 5.73 Å². The maximum Gasteiger partial charge on any atom is 0.251 e. The van der Waals surface area contributed by atoms with E-state index in [4.69, 9.17) is 10.5 Å². The van der Waals surface area contributed by atoms with Gasteiger partial charge in [-0.25, -0.2) is 0 Å². The van der Waals surface area contributed by atoms with Crippen molar-refractivity contribution in [2.75, 3.05) is 19.8 Å². The van der Waals surface area contributed by atoms with E-state index in [0.29, 0.717) is 25.3 Å². The van der Waals surface area contributed by atoms with Crippen molar-refractivity contribution in [1.29, 1.82) is 0 Å². The van der Waals surface area contributed by atoms with Crippen LogP contribution in [0.25, 0.3) is 0 Å². The second-order valence-corrected chi connectivity index (χ2v) is 4.42. The highest BCUT2D eigenvalue weighted by Gasteiger charge is 2.32. The number of hydrogen-bond acceptors (Lipinski definition) is 3. The van der Waals surface area contributed by atoms with Crippen LogP contribution in [-0.4, -0.2) is 31.2 Å². The molecule has 0 atom stereocenters. The second-order valence-electron chi connectivity index (χ2n) is 4.42. The third kappa shape index (κ3) is 2.84. The highest BCUT2D eigenvalue weighted by Crippen LogP contribution is 2.20. The van der Waals surface area contributed by atoms with Crippen molar-refractivity contribution in [3.05, 3.63) is 35.9 Å². The minimum Gasteiger partial charge on any atom is -0.381 e. The zero-order valence-electron chi connectivity index (χ0n) is 9.82. The van der Waals surface area contributed by atoms with Gasteiger partial charge < -0.3 is 15.8 Å². The monoisotopic (exact) mass is 234 g/mol. The van der Waals surface area contributed by atoms with Crippen LogP contribution in [0.5, 0.6) is 0 Å². The van der Waals surface area contributed by atoms with Gasteiger partial charge in [-0.15, -0.1) is 0 Å². The van der Waals surface area contributed by atoms with Crippen LogP contribution in [0.1, 0.15) is 23.2 Å². The number of hydrogen-bond donors (Lipinski definition) is 2. The molecular formula is C13H18N2O2. The Hall–Kier alpha value is -1.39. The lowest BCUT2D eigenvalue weighted by Gasteiger charge is -2.36. The Labute approximate surface area is 101 Å². The fraction of sp³-hybridized carbons (Fsp3) is 0.462. The Morgan fingerprint density at radius 3 is 2.53 bits per heavy atom. The maximum atomic E-state index is 12.1. The lowest BCUT2D eigenvalue weighted by Crippen LogP contribution is -2.56. The van der Waals surface area contributed by atoms with Crippen LogP contribution in [-0.2, 0) is 4.74 Å². The molecular weight excluding hydrogens is 216 g/mol. The molecule has 92 valence electrons. The standard InChI is InChI=1S/C13H18N2O2/c14-10-13(6-8-17-9-7-13)15-12(16)11-4-2-1-3-5-11/h1-5H,6-10,14H2,(H,15,16). The Morgan fingerprint density at radius 2 is 1.94 bits per heavy atom. The topological polar surface area (TPSA) is 64.3 Å². The summed E-state index contributed by atoms with van der Waals surface area (Å²) in [5, 5.41) is 3.05. The van der Waals surface area contributed by atoms with E-state index in [9.17, 15) is 4.79 Å². The van der Waals surface area contributed by atoms with Crippen LogP contribution in [0.2, 0.25) is 0 Å². The first kappa shape index (κ1) is 12.1. The summed E-state index contributed by atoms with van der Waals surface area (Å²) < 4.78 is 5.31. The SMILES string of the molecule is NCC1(NC(=O)c2ccccc2)CCOCC1. The summed E-state index contributed by atoms with van der Waals surface area (Å²) >= 11 is 0. The molecule has 4 nitrogen and oxygen atoms in total. The van der Waals surface area contributed by atoms with Crippen LogP contribution in [0, 0.1) is 0 Å². The van der Waals surface area contributed by atoms with Crippen LogP contribution >= 0.6 is 0 Å². The van der Waals surface area contributed by atoms with Gasteiger partial charge >= 0.3 is 0 Å². The van der Waals surface area contributed by atoms with E-state index in [2.05, 4.69) is 5.32 Å². The van der Waals surface area contributed by atoms with Gasteiger partial charge in [0.25, 0.3) is 5.91 Å². The lowest BCUT2D eigenvalue weighted by molar-refractivity contribution is 0.0388. The Balaban J connectivity index is 2.06. The van der Waals surface area contributed by atoms with E-state index in [1.165, 1.54) is 0 Å². The molecule has 1 amide bonds. The highest BCUT2D eigenvalue weighted by molar-refractivity contribution is 5.94. The van der Waals surface area contributed by atoms with Crippen molar-refractivity contribution in [3.8, 4) is 0 Å². The van der Waals surface area contributed by atoms with E-state index in [0.717, 1.165) is 12.8 Å². The minimum atomic E-state index is -0.300. The van der Waals surface area contributed by atoms with Crippen molar-refractivity contribution >= 4 is 5.91 Å². The molecule has 0 spiro atoms. The van der Waals surface area contributed by atoms with Gasteiger partial charge in [-0.05, 0) is 25.0 Å². The normalized spacial score (nSPS) is 18.6. The third-order valence-corrected chi connectivity index (χ3v) is 3.26. The number of nitrogens with two attached hydrogens (primary N) is 1. The molecule has 1 heterocycles. The molecule has 2 rings (SSSR count). The lowest BCUT2D eigenvalue weighted by atomic mass is 9.90. The molecule has 4 heteroatoms. The first-order valence-electron chi connectivity index (χ1n) is 5.91. The second kappa shape index (κ2) is 5.29. The molecule has 1 aliphatic rings. The molecule has 0 radical (unpaired) electrons. The van der Waals surface area contributed by atoms with Crippen molar-refractivity contribution in [3.63, 3.8) is 0 Å². The molecule has 1 fully saturated rings. The summed E-state index contributed by atoms with van der Waals surface area (Å²) in [6.07, 6.45) is 1.56. The summed E-state index contributed by atoms with van der Waals surface area (Å²) in [7, 11) is 0. The van der Waals surface area contributed by atoms with Crippen molar-refractivity contribution in [1.82, 2.24) is 5.32 Å². The Morgan fingerprint density at radius 1 is 1.29 bits per heavy atom. The quantitative estimate of drug-likeness (QED) is 0.817. The van der Waals surface area contributed by atoms with E-state index >= 15 is 0 Å². The molecule has 1 aliphatic heterocycles. The van der Waals surface area contributed by atoms with Gasteiger partial charge in [0.05, 0.1) is 5.54 Å². The molecule has 0 saturated carbocycles. The minimum absolute atomic E-state index is 0.0575. The zero-order chi connectivity index (χ0) is 12.1. The average Bonchev–Trinajstić information content (AvgIpc) is 2.41. The Bertz CT molecular complexity index is 372. The van der Waals surface area contributed by atoms with E-state index in [-0.39, 0.29) is 11.4 Å². The zero-order valence-corrected chi connectivity index (χ0v) is 9.82. The number of ether oxygens (including phenoxy) is 1. The third-order valence-electron chi connectivity index (χ3n) is 3.26. The van der Waals surface area contributed by atoms with Crippen LogP contribution in [0.15, 0.2) is 30.3 Å². The van der Waals surface area contributed by atoms with E-state index in [1.54, 1.807) is 12.1 Å².